The van der Waals surface area contributed by atoms with E-state index in [2.05, 4.69) is 10.9 Å². The van der Waals surface area contributed by atoms with Crippen LogP contribution in [0.5, 0.6) is 0 Å². The monoisotopic (exact) mass is 363 g/mol. The Morgan fingerprint density at radius 2 is 1.84 bits per heavy atom. The zero-order valence-electron chi connectivity index (χ0n) is 12.8. The van der Waals surface area contributed by atoms with Crippen molar-refractivity contribution in [3.8, 4) is 0 Å². The molecule has 0 atom stereocenters. The lowest BCUT2D eigenvalue weighted by atomic mass is 10.2. The molecule has 0 bridgehead atoms. The number of amides is 2. The number of rotatable bonds is 6. The summed E-state index contributed by atoms with van der Waals surface area (Å²) in [5, 5.41) is 14.2. The highest BCUT2D eigenvalue weighted by atomic mass is 32.1. The van der Waals surface area contributed by atoms with Crippen LogP contribution in [0.15, 0.2) is 41.1 Å². The Morgan fingerprint density at radius 3 is 2.44 bits per heavy atom. The highest BCUT2D eigenvalue weighted by Crippen LogP contribution is 2.11. The van der Waals surface area contributed by atoms with Crippen molar-refractivity contribution in [2.45, 2.75) is 6.42 Å². The molecule has 9 nitrogen and oxygen atoms in total. The fraction of sp³-hybridized carbons (Fsp3) is 0.133. The van der Waals surface area contributed by atoms with E-state index in [0.29, 0.717) is 0 Å². The van der Waals surface area contributed by atoms with Crippen molar-refractivity contribution in [2.75, 3.05) is 6.61 Å². The van der Waals surface area contributed by atoms with Crippen molar-refractivity contribution in [1.82, 2.24) is 10.9 Å². The highest BCUT2D eigenvalue weighted by molar-refractivity contribution is 7.07. The van der Waals surface area contributed by atoms with Gasteiger partial charge in [0, 0.05) is 17.7 Å². The molecule has 0 unspecified atom stereocenters. The largest absolute Gasteiger partial charge is 0.455 e. The number of nitrogens with zero attached hydrogens (tertiary/aromatic N) is 1. The van der Waals surface area contributed by atoms with Crippen molar-refractivity contribution < 1.29 is 24.0 Å². The van der Waals surface area contributed by atoms with Crippen molar-refractivity contribution in [2.24, 2.45) is 0 Å². The molecule has 0 fully saturated rings. The van der Waals surface area contributed by atoms with Gasteiger partial charge in [0.05, 0.1) is 11.3 Å². The molecule has 0 aliphatic carbocycles. The molecule has 0 saturated heterocycles. The second-order valence-electron chi connectivity index (χ2n) is 4.78. The number of nitrogens with one attached hydrogen (secondary N) is 2. The van der Waals surface area contributed by atoms with Crippen molar-refractivity contribution in [1.29, 1.82) is 0 Å². The minimum Gasteiger partial charge on any atom is -0.455 e. The maximum Gasteiger partial charge on any atom is 0.310 e. The summed E-state index contributed by atoms with van der Waals surface area (Å²) in [5.41, 5.74) is 4.97. The molecule has 25 heavy (non-hydrogen) atoms. The number of esters is 1. The summed E-state index contributed by atoms with van der Waals surface area (Å²) in [5.74, 6) is -1.93. The Balaban J connectivity index is 1.72. The van der Waals surface area contributed by atoms with Gasteiger partial charge in [0.25, 0.3) is 17.5 Å². The van der Waals surface area contributed by atoms with Gasteiger partial charge in [-0.1, -0.05) is 0 Å². The van der Waals surface area contributed by atoms with Crippen molar-refractivity contribution in [3.63, 3.8) is 0 Å². The number of nitro groups is 1. The van der Waals surface area contributed by atoms with Crippen LogP contribution in [0, 0.1) is 10.1 Å². The van der Waals surface area contributed by atoms with Gasteiger partial charge in [0.15, 0.2) is 6.61 Å². The Morgan fingerprint density at radius 1 is 1.12 bits per heavy atom. The number of hydrogen-bond acceptors (Lipinski definition) is 7. The first-order valence-corrected chi connectivity index (χ1v) is 7.90. The third-order valence-corrected chi connectivity index (χ3v) is 3.68. The predicted octanol–water partition coefficient (Wildman–Crippen LogP) is 1.20. The smallest absolute Gasteiger partial charge is 0.310 e. The minimum atomic E-state index is -0.714. The first-order chi connectivity index (χ1) is 12.0. The first kappa shape index (κ1) is 18.1. The molecule has 0 spiro atoms. The average molecular weight is 363 g/mol. The molecule has 2 rings (SSSR count). The zero-order chi connectivity index (χ0) is 18.2. The fourth-order valence-corrected chi connectivity index (χ4v) is 2.39. The number of non-ortho nitro benzene ring substituents is 1. The lowest BCUT2D eigenvalue weighted by molar-refractivity contribution is -0.384. The van der Waals surface area contributed by atoms with Gasteiger partial charge in [-0.3, -0.25) is 35.3 Å². The number of carbonyl (C=O) groups excluding carboxylic acids is 3. The van der Waals surface area contributed by atoms with Gasteiger partial charge >= 0.3 is 5.97 Å². The van der Waals surface area contributed by atoms with E-state index in [1.165, 1.54) is 35.6 Å². The van der Waals surface area contributed by atoms with E-state index < -0.39 is 29.3 Å². The molecular weight excluding hydrogens is 350 g/mol. The molecule has 130 valence electrons. The summed E-state index contributed by atoms with van der Waals surface area (Å²) in [6.45, 7) is -0.538. The van der Waals surface area contributed by atoms with E-state index in [1.807, 2.05) is 5.38 Å². The van der Waals surface area contributed by atoms with E-state index in [0.717, 1.165) is 5.56 Å². The molecule has 2 amide bonds. The summed E-state index contributed by atoms with van der Waals surface area (Å²) in [4.78, 5) is 44.8. The fourth-order valence-electron chi connectivity index (χ4n) is 1.73. The number of carbonyl (C=O) groups is 3. The molecule has 0 radical (unpaired) electrons. The van der Waals surface area contributed by atoms with Gasteiger partial charge in [0.1, 0.15) is 0 Å². The van der Waals surface area contributed by atoms with E-state index in [4.69, 9.17) is 4.74 Å². The van der Waals surface area contributed by atoms with Gasteiger partial charge in [-0.2, -0.15) is 11.3 Å². The molecule has 2 aromatic rings. The molecule has 0 aliphatic heterocycles. The molecular formula is C15H13N3O6S. The van der Waals surface area contributed by atoms with Gasteiger partial charge < -0.3 is 4.74 Å². The summed E-state index contributed by atoms with van der Waals surface area (Å²) >= 11 is 1.45. The molecule has 0 saturated carbocycles. The zero-order valence-corrected chi connectivity index (χ0v) is 13.6. The summed E-state index contributed by atoms with van der Waals surface area (Å²) in [6, 6.07) is 6.61. The maximum atomic E-state index is 11.8. The van der Waals surface area contributed by atoms with Crippen LogP contribution in [0.4, 0.5) is 5.69 Å². The van der Waals surface area contributed by atoms with E-state index in [1.54, 1.807) is 11.4 Å². The van der Waals surface area contributed by atoms with Crippen LogP contribution in [0.25, 0.3) is 0 Å². The standard InChI is InChI=1S/C15H13N3O6S/c19-13(8-24-14(20)7-10-5-6-25-9-10)16-17-15(21)11-1-3-12(4-2-11)18(22)23/h1-6,9H,7-8H2,(H,16,19)(H,17,21). The van der Waals surface area contributed by atoms with Crippen molar-refractivity contribution in [3.05, 3.63) is 62.3 Å². The van der Waals surface area contributed by atoms with E-state index >= 15 is 0 Å². The molecule has 1 heterocycles. The Labute approximate surface area is 145 Å². The normalized spacial score (nSPS) is 9.92. The highest BCUT2D eigenvalue weighted by Gasteiger charge is 2.12. The van der Waals surface area contributed by atoms with Gasteiger partial charge in [-0.15, -0.1) is 0 Å². The topological polar surface area (TPSA) is 128 Å². The minimum absolute atomic E-state index is 0.0614. The predicted molar refractivity (Wildman–Crippen MR) is 87.7 cm³/mol. The van der Waals surface area contributed by atoms with Crippen LogP contribution in [0.3, 0.4) is 0 Å². The first-order valence-electron chi connectivity index (χ1n) is 6.96. The van der Waals surface area contributed by atoms with E-state index in [-0.39, 0.29) is 17.7 Å². The van der Waals surface area contributed by atoms with Crippen LogP contribution in [0.2, 0.25) is 0 Å². The van der Waals surface area contributed by atoms with Crippen LogP contribution < -0.4 is 10.9 Å². The van der Waals surface area contributed by atoms with Gasteiger partial charge in [-0.25, -0.2) is 0 Å². The van der Waals surface area contributed by atoms with Gasteiger partial charge in [0.2, 0.25) is 0 Å². The summed E-state index contributed by atoms with van der Waals surface area (Å²) in [6.07, 6.45) is 0.0614. The Bertz CT molecular complexity index is 773. The lowest BCUT2D eigenvalue weighted by Gasteiger charge is -2.08. The Kier molecular flexibility index (Phi) is 6.18. The number of benzene rings is 1. The van der Waals surface area contributed by atoms with Crippen LogP contribution in [-0.4, -0.2) is 29.3 Å². The molecule has 2 N–H and O–H groups in total. The molecule has 1 aromatic carbocycles. The number of ether oxygens (including phenoxy) is 1. The lowest BCUT2D eigenvalue weighted by Crippen LogP contribution is -2.43. The van der Waals surface area contributed by atoms with Crippen LogP contribution in [-0.2, 0) is 20.7 Å². The second kappa shape index (κ2) is 8.55. The van der Waals surface area contributed by atoms with Gasteiger partial charge in [-0.05, 0) is 34.5 Å². The number of hydrogen-bond donors (Lipinski definition) is 2. The maximum absolute atomic E-state index is 11.8. The molecule has 10 heteroatoms. The quantitative estimate of drug-likeness (QED) is 0.451. The SMILES string of the molecule is O=C(COC(=O)Cc1ccsc1)NNC(=O)c1ccc([N+](=O)[O-])cc1. The van der Waals surface area contributed by atoms with Crippen molar-refractivity contribution >= 4 is 34.8 Å². The van der Waals surface area contributed by atoms with E-state index in [9.17, 15) is 24.5 Å². The summed E-state index contributed by atoms with van der Waals surface area (Å²) < 4.78 is 4.78. The Hall–Kier alpha value is -3.27. The number of hydrazine groups is 1. The van der Waals surface area contributed by atoms with Crippen LogP contribution in [0.1, 0.15) is 15.9 Å². The molecule has 1 aromatic heterocycles. The molecule has 0 aliphatic rings. The number of nitro benzene ring substituents is 1. The summed E-state index contributed by atoms with van der Waals surface area (Å²) in [7, 11) is 0. The average Bonchev–Trinajstić information content (AvgIpc) is 3.10. The second-order valence-corrected chi connectivity index (χ2v) is 5.56. The third-order valence-electron chi connectivity index (χ3n) is 2.95. The third kappa shape index (κ3) is 5.70. The number of thiophene rings is 1. The van der Waals surface area contributed by atoms with Crippen LogP contribution >= 0.6 is 11.3 Å².